The molecule has 2 atom stereocenters. The molecule has 37 heavy (non-hydrogen) atoms. The summed E-state index contributed by atoms with van der Waals surface area (Å²) >= 11 is 0. The van der Waals surface area contributed by atoms with E-state index in [2.05, 4.69) is 0 Å². The highest BCUT2D eigenvalue weighted by molar-refractivity contribution is 6.07. The van der Waals surface area contributed by atoms with Crippen molar-refractivity contribution in [2.24, 2.45) is 0 Å². The van der Waals surface area contributed by atoms with Crippen molar-refractivity contribution in [2.45, 2.75) is 31.5 Å². The van der Waals surface area contributed by atoms with Crippen LogP contribution in [0.3, 0.4) is 0 Å². The zero-order valence-electron chi connectivity index (χ0n) is 20.5. The highest BCUT2D eigenvalue weighted by Crippen LogP contribution is 2.53. The second-order valence-corrected chi connectivity index (χ2v) is 8.97. The minimum absolute atomic E-state index is 0. The Morgan fingerprint density at radius 2 is 1.62 bits per heavy atom. The molecule has 0 aromatic heterocycles. The van der Waals surface area contributed by atoms with E-state index in [1.54, 1.807) is 36.1 Å². The number of carbonyl (C=O) groups excluding carboxylic acids is 1. The zero-order chi connectivity index (χ0) is 26.4. The Bertz CT molecular complexity index is 1200. The summed E-state index contributed by atoms with van der Waals surface area (Å²) in [4.78, 5) is 54.3. The fraction of sp³-hybridized carbons (Fsp3) is 0.333. The van der Waals surface area contributed by atoms with E-state index in [9.17, 15) is 29.4 Å². The fourth-order valence-electron chi connectivity index (χ4n) is 4.96. The summed E-state index contributed by atoms with van der Waals surface area (Å²) in [5.74, 6) is -1.33. The van der Waals surface area contributed by atoms with Crippen molar-refractivity contribution in [2.75, 3.05) is 25.5 Å². The van der Waals surface area contributed by atoms with Crippen LogP contribution in [0, 0.1) is 0 Å². The first-order valence-electron chi connectivity index (χ1n) is 11.4. The Labute approximate surface area is 219 Å². The van der Waals surface area contributed by atoms with E-state index in [0.717, 1.165) is 10.6 Å². The quantitative estimate of drug-likeness (QED) is 0.302. The first-order valence-corrected chi connectivity index (χ1v) is 11.4. The first-order chi connectivity index (χ1) is 17.0. The van der Waals surface area contributed by atoms with Gasteiger partial charge < -0.3 is 37.5 Å². The molecule has 4 aliphatic rings. The molecule has 2 unspecified atom stereocenters. The normalized spacial score (nSPS) is 22.6. The molecule has 12 nitrogen and oxygen atoms in total. The van der Waals surface area contributed by atoms with Crippen molar-refractivity contribution < 1.29 is 51.5 Å². The van der Waals surface area contributed by atoms with Crippen LogP contribution in [0.4, 0.5) is 15.3 Å². The second-order valence-electron chi connectivity index (χ2n) is 8.97. The van der Waals surface area contributed by atoms with Gasteiger partial charge in [-0.1, -0.05) is 11.5 Å². The smallest absolute Gasteiger partial charge is 0.546 e. The summed E-state index contributed by atoms with van der Waals surface area (Å²) in [7, 11) is 3.72. The lowest BCUT2D eigenvalue weighted by Gasteiger charge is -2.48. The van der Waals surface area contributed by atoms with Crippen LogP contribution in [-0.4, -0.2) is 91.0 Å². The topological polar surface area (TPSA) is 142 Å². The number of Topliss-reactive ketones (excluding diaryl/α,β-unsaturated/α-hetero) is 1. The van der Waals surface area contributed by atoms with Crippen LogP contribution >= 0.6 is 0 Å². The molecule has 13 heteroatoms. The number of hydrogen-bond donors (Lipinski definition) is 3. The van der Waals surface area contributed by atoms with Gasteiger partial charge in [-0.15, -0.1) is 0 Å². The lowest BCUT2D eigenvalue weighted by molar-refractivity contribution is -0.955. The van der Waals surface area contributed by atoms with Gasteiger partial charge >= 0.3 is 18.2 Å². The van der Waals surface area contributed by atoms with Crippen LogP contribution in [0.1, 0.15) is 30.1 Å². The van der Waals surface area contributed by atoms with Gasteiger partial charge in [0.25, 0.3) is 0 Å². The molecule has 2 bridgehead atoms. The van der Waals surface area contributed by atoms with Gasteiger partial charge in [-0.2, -0.15) is 14.7 Å². The maximum absolute atomic E-state index is 14.1. The lowest BCUT2D eigenvalue weighted by Crippen LogP contribution is -3.00. The Morgan fingerprint density at radius 3 is 2.08 bits per heavy atom. The molecular formula is C24H28ClN5O7. The number of amides is 2. The van der Waals surface area contributed by atoms with Gasteiger partial charge in [0.15, 0.2) is 11.7 Å². The second kappa shape index (κ2) is 9.79. The molecular weight excluding hydrogens is 506 g/mol. The number of carboxylic acid groups (broad SMARTS) is 3. The molecule has 0 radical (unpaired) electrons. The van der Waals surface area contributed by atoms with Crippen molar-refractivity contribution in [3.63, 3.8) is 0 Å². The highest BCUT2D eigenvalue weighted by Gasteiger charge is 2.75. The van der Waals surface area contributed by atoms with Crippen LogP contribution in [0.25, 0.3) is 0 Å². The minimum Gasteiger partial charge on any atom is -1.00 e. The molecule has 1 saturated heterocycles. The Balaban J connectivity index is 0.00000380. The van der Waals surface area contributed by atoms with Crippen molar-refractivity contribution >= 4 is 29.6 Å². The maximum atomic E-state index is 14.1. The molecule has 1 aromatic carbocycles. The van der Waals surface area contributed by atoms with Crippen LogP contribution in [0.15, 0.2) is 60.8 Å². The van der Waals surface area contributed by atoms with E-state index in [4.69, 9.17) is 5.11 Å². The molecule has 0 spiro atoms. The van der Waals surface area contributed by atoms with Crippen LogP contribution in [-0.2, 0) is 4.79 Å². The number of carboxylic acids is 1. The number of aliphatic carboxylic acids is 1. The number of hydrogen-bond acceptors (Lipinski definition) is 7. The van der Waals surface area contributed by atoms with Gasteiger partial charge in [0.1, 0.15) is 0 Å². The zero-order valence-corrected chi connectivity index (χ0v) is 21.2. The Hall–Kier alpha value is -4.03. The first kappa shape index (κ1) is 27.6. The molecule has 3 N–H and O–H groups in total. The molecule has 1 fully saturated rings. The molecule has 4 heterocycles. The number of quaternary nitrogens is 1. The van der Waals surface area contributed by atoms with Crippen molar-refractivity contribution in [1.82, 2.24) is 14.8 Å². The van der Waals surface area contributed by atoms with Crippen molar-refractivity contribution in [1.29, 1.82) is 0 Å². The summed E-state index contributed by atoms with van der Waals surface area (Å²) in [6.07, 6.45) is 3.80. The standard InChI is InChI=1S/C24H27N5O7.ClH/c1-4-19-27(22(33)34)18-15-29(19,23(35)36)28(18)24(10-13-26(14-11-24)12-9-20(30)31)21(32)16-5-7-17(8-6-16)25(2)3;/h5-8,10-11,13-15,19H,4,9,12H2,1-3H3,(H2-,30,31,33,34,35,36);1H. The summed E-state index contributed by atoms with van der Waals surface area (Å²) in [5, 5.41) is 30.5. The molecule has 4 aliphatic heterocycles. The maximum Gasteiger partial charge on any atom is 0.546 e. The fourth-order valence-corrected chi connectivity index (χ4v) is 4.96. The lowest BCUT2D eigenvalue weighted by atomic mass is 9.86. The van der Waals surface area contributed by atoms with Crippen LogP contribution in [0.5, 0.6) is 0 Å². The van der Waals surface area contributed by atoms with Crippen molar-refractivity contribution in [3.8, 4) is 0 Å². The SMILES string of the molecule is CCC1N(C(=O)O)C2=C[N+]1(C(=O)O)N2C1(C(=O)c2ccc(N(C)C)cc2)C=CN(CCC(=O)O)C=C1.[Cl-]. The number of fused-ring (bicyclic) bond motifs is 1. The van der Waals surface area contributed by atoms with Gasteiger partial charge in [-0.3, -0.25) is 9.59 Å². The minimum atomic E-state index is -1.67. The van der Waals surface area contributed by atoms with E-state index >= 15 is 0 Å². The molecule has 1 aromatic rings. The van der Waals surface area contributed by atoms with Gasteiger partial charge in [0.05, 0.1) is 6.42 Å². The van der Waals surface area contributed by atoms with Gasteiger partial charge in [0.2, 0.25) is 17.8 Å². The van der Waals surface area contributed by atoms with E-state index in [1.165, 1.54) is 35.8 Å². The van der Waals surface area contributed by atoms with Crippen LogP contribution < -0.4 is 17.3 Å². The molecule has 2 amide bonds. The number of ketones is 1. The third-order valence-corrected chi connectivity index (χ3v) is 6.72. The van der Waals surface area contributed by atoms with Gasteiger partial charge in [0, 0.05) is 50.7 Å². The summed E-state index contributed by atoms with van der Waals surface area (Å²) in [6.45, 7) is 1.83. The summed E-state index contributed by atoms with van der Waals surface area (Å²) in [6, 6.07) is 6.81. The number of nitrogens with zero attached hydrogens (tertiary/aromatic N) is 5. The van der Waals surface area contributed by atoms with E-state index in [0.29, 0.717) is 5.56 Å². The van der Waals surface area contributed by atoms with Crippen molar-refractivity contribution in [3.05, 3.63) is 66.4 Å². The summed E-state index contributed by atoms with van der Waals surface area (Å²) < 4.78 is -0.872. The average Bonchev–Trinajstić information content (AvgIpc) is 3.34. The molecule has 5 rings (SSSR count). The van der Waals surface area contributed by atoms with Gasteiger partial charge in [-0.05, 0) is 36.4 Å². The van der Waals surface area contributed by atoms with Gasteiger partial charge in [-0.25, -0.2) is 4.79 Å². The van der Waals surface area contributed by atoms with Crippen LogP contribution in [0.2, 0.25) is 0 Å². The third-order valence-electron chi connectivity index (χ3n) is 6.72. The number of anilines is 1. The Morgan fingerprint density at radius 1 is 1.03 bits per heavy atom. The largest absolute Gasteiger partial charge is 1.00 e. The predicted molar refractivity (Wildman–Crippen MR) is 127 cm³/mol. The number of rotatable bonds is 8. The van der Waals surface area contributed by atoms with E-state index in [1.807, 2.05) is 19.0 Å². The number of carbonyl (C=O) groups is 4. The molecule has 198 valence electrons. The monoisotopic (exact) mass is 533 g/mol. The average molecular weight is 534 g/mol. The van der Waals surface area contributed by atoms with E-state index in [-0.39, 0.29) is 37.6 Å². The summed E-state index contributed by atoms with van der Waals surface area (Å²) in [5.41, 5.74) is -0.498. The number of benzene rings is 1. The third kappa shape index (κ3) is 4.07. The van der Waals surface area contributed by atoms with E-state index < -0.39 is 40.2 Å². The predicted octanol–water partition coefficient (Wildman–Crippen LogP) is -0.250. The highest BCUT2D eigenvalue weighted by atomic mass is 35.5. The molecule has 0 aliphatic carbocycles. The molecule has 0 saturated carbocycles. The number of halogens is 1. The Kier molecular flexibility index (Phi) is 7.29.